The Morgan fingerprint density at radius 3 is 2.52 bits per heavy atom. The van der Waals surface area contributed by atoms with Crippen LogP contribution in [0.5, 0.6) is 0 Å². The van der Waals surface area contributed by atoms with Gasteiger partial charge in [-0.15, -0.1) is 0 Å². The van der Waals surface area contributed by atoms with Crippen LogP contribution in [0.2, 0.25) is 0 Å². The Hall–Kier alpha value is -2.43. The van der Waals surface area contributed by atoms with Crippen LogP contribution in [-0.2, 0) is 0 Å². The number of allylic oxidation sites excluding steroid dienone is 2. The van der Waals surface area contributed by atoms with Crippen LogP contribution in [0.4, 0.5) is 0 Å². The van der Waals surface area contributed by atoms with Crippen LogP contribution in [0.15, 0.2) is 60.7 Å². The minimum Gasteiger partial charge on any atom is -0.395 e. The second-order valence-corrected chi connectivity index (χ2v) is 7.41. The van der Waals surface area contributed by atoms with E-state index in [4.69, 9.17) is 0 Å². The molecule has 0 bridgehead atoms. The largest absolute Gasteiger partial charge is 0.395 e. The topological polar surface area (TPSA) is 61.4 Å². The number of amides is 1. The van der Waals surface area contributed by atoms with Crippen molar-refractivity contribution in [1.29, 1.82) is 0 Å². The molecule has 4 heteroatoms. The third-order valence-corrected chi connectivity index (χ3v) is 5.72. The van der Waals surface area contributed by atoms with Crippen LogP contribution in [0.1, 0.15) is 46.7 Å². The lowest BCUT2D eigenvalue weighted by Gasteiger charge is -2.46. The number of nitrogens with one attached hydrogen (secondary N) is 2. The number of carbonyl (C=O) groups excluding carboxylic acids is 1. The minimum atomic E-state index is -0.0629. The standard InChI is InChI=1S/C23H26N2O2/c26-15-21-22(18-12-10-17(11-13-18)16-6-4-5-7-16)20(25-21)14-24-23(27)19-8-2-1-3-9-19/h1-3,6,8-13,20-22,25-26H,4-5,7,14-15H2,(H,24,27)/t20-,21-,22-/m0/s1. The van der Waals surface area contributed by atoms with E-state index in [1.165, 1.54) is 29.5 Å². The highest BCUT2D eigenvalue weighted by Gasteiger charge is 2.40. The fourth-order valence-corrected chi connectivity index (χ4v) is 4.21. The molecule has 0 aromatic heterocycles. The van der Waals surface area contributed by atoms with Gasteiger partial charge in [-0.2, -0.15) is 0 Å². The molecule has 140 valence electrons. The third-order valence-electron chi connectivity index (χ3n) is 5.72. The van der Waals surface area contributed by atoms with Gasteiger partial charge in [-0.25, -0.2) is 0 Å². The fourth-order valence-electron chi connectivity index (χ4n) is 4.21. The van der Waals surface area contributed by atoms with E-state index in [2.05, 4.69) is 41.0 Å². The van der Waals surface area contributed by atoms with Gasteiger partial charge < -0.3 is 15.7 Å². The van der Waals surface area contributed by atoms with E-state index in [0.29, 0.717) is 12.1 Å². The van der Waals surface area contributed by atoms with Crippen LogP contribution >= 0.6 is 0 Å². The van der Waals surface area contributed by atoms with Gasteiger partial charge >= 0.3 is 0 Å². The van der Waals surface area contributed by atoms with Gasteiger partial charge in [0.1, 0.15) is 0 Å². The van der Waals surface area contributed by atoms with Crippen LogP contribution in [0, 0.1) is 0 Å². The average molecular weight is 362 g/mol. The molecule has 4 nitrogen and oxygen atoms in total. The highest BCUT2D eigenvalue weighted by atomic mass is 16.3. The highest BCUT2D eigenvalue weighted by molar-refractivity contribution is 5.94. The van der Waals surface area contributed by atoms with Crippen molar-refractivity contribution in [3.05, 3.63) is 77.4 Å². The van der Waals surface area contributed by atoms with E-state index in [-0.39, 0.29) is 30.5 Å². The van der Waals surface area contributed by atoms with Crippen LogP contribution in [-0.4, -0.2) is 36.2 Å². The van der Waals surface area contributed by atoms with Crippen molar-refractivity contribution in [3.8, 4) is 0 Å². The number of aliphatic hydroxyl groups excluding tert-OH is 1. The summed E-state index contributed by atoms with van der Waals surface area (Å²) < 4.78 is 0. The fraction of sp³-hybridized carbons (Fsp3) is 0.348. The molecule has 1 heterocycles. The lowest BCUT2D eigenvalue weighted by molar-refractivity contribution is 0.0910. The van der Waals surface area contributed by atoms with E-state index in [0.717, 1.165) is 6.42 Å². The molecule has 0 radical (unpaired) electrons. The molecule has 3 N–H and O–H groups in total. The third kappa shape index (κ3) is 3.82. The molecule has 27 heavy (non-hydrogen) atoms. The molecule has 1 aliphatic carbocycles. The summed E-state index contributed by atoms with van der Waals surface area (Å²) in [6.07, 6.45) is 5.93. The van der Waals surface area contributed by atoms with E-state index in [1.54, 1.807) is 0 Å². The molecule has 1 amide bonds. The summed E-state index contributed by atoms with van der Waals surface area (Å²) in [5.41, 5.74) is 4.63. The zero-order chi connectivity index (χ0) is 18.6. The average Bonchev–Trinajstić information content (AvgIpc) is 3.23. The van der Waals surface area contributed by atoms with E-state index >= 15 is 0 Å². The van der Waals surface area contributed by atoms with Gasteiger partial charge in [-0.05, 0) is 48.1 Å². The molecule has 2 aromatic carbocycles. The first-order valence-corrected chi connectivity index (χ1v) is 9.76. The van der Waals surface area contributed by atoms with Crippen molar-refractivity contribution in [2.45, 2.75) is 37.3 Å². The van der Waals surface area contributed by atoms with E-state index in [9.17, 15) is 9.90 Å². The number of carbonyl (C=O) groups is 1. The predicted molar refractivity (Wildman–Crippen MR) is 108 cm³/mol. The first-order valence-electron chi connectivity index (χ1n) is 9.76. The molecule has 1 fully saturated rings. The molecule has 0 saturated carbocycles. The van der Waals surface area contributed by atoms with Gasteiger partial charge in [-0.1, -0.05) is 48.5 Å². The van der Waals surface area contributed by atoms with Crippen LogP contribution in [0.3, 0.4) is 0 Å². The highest BCUT2D eigenvalue weighted by Crippen LogP contribution is 2.34. The predicted octanol–water partition coefficient (Wildman–Crippen LogP) is 3.10. The van der Waals surface area contributed by atoms with Crippen molar-refractivity contribution in [1.82, 2.24) is 10.6 Å². The maximum atomic E-state index is 12.3. The summed E-state index contributed by atoms with van der Waals surface area (Å²) in [7, 11) is 0. The van der Waals surface area contributed by atoms with Crippen LogP contribution in [0.25, 0.3) is 5.57 Å². The van der Waals surface area contributed by atoms with Crippen LogP contribution < -0.4 is 10.6 Å². The van der Waals surface area contributed by atoms with E-state index in [1.807, 2.05) is 30.3 Å². The van der Waals surface area contributed by atoms with Gasteiger partial charge in [0, 0.05) is 30.1 Å². The lowest BCUT2D eigenvalue weighted by Crippen LogP contribution is -2.64. The molecular formula is C23H26N2O2. The molecule has 2 aromatic rings. The number of benzene rings is 2. The summed E-state index contributed by atoms with van der Waals surface area (Å²) >= 11 is 0. The van der Waals surface area contributed by atoms with Crippen molar-refractivity contribution in [3.63, 3.8) is 0 Å². The second kappa shape index (κ2) is 8.07. The Morgan fingerprint density at radius 1 is 1.07 bits per heavy atom. The van der Waals surface area contributed by atoms with E-state index < -0.39 is 0 Å². The quantitative estimate of drug-likeness (QED) is 0.740. The molecule has 1 aliphatic heterocycles. The summed E-state index contributed by atoms with van der Waals surface area (Å²) in [5, 5.41) is 16.0. The molecule has 1 saturated heterocycles. The zero-order valence-corrected chi connectivity index (χ0v) is 15.4. The first kappa shape index (κ1) is 18.0. The number of rotatable bonds is 6. The Balaban J connectivity index is 1.41. The molecule has 2 aliphatic rings. The molecule has 0 unspecified atom stereocenters. The molecule has 0 spiro atoms. The maximum absolute atomic E-state index is 12.3. The lowest BCUT2D eigenvalue weighted by atomic mass is 9.77. The van der Waals surface area contributed by atoms with Gasteiger partial charge in [-0.3, -0.25) is 4.79 Å². The van der Waals surface area contributed by atoms with Crippen molar-refractivity contribution in [2.75, 3.05) is 13.2 Å². The Bertz CT molecular complexity index is 814. The summed E-state index contributed by atoms with van der Waals surface area (Å²) in [6, 6.07) is 18.2. The van der Waals surface area contributed by atoms with Gasteiger partial charge in [0.2, 0.25) is 0 Å². The first-order chi connectivity index (χ1) is 13.3. The van der Waals surface area contributed by atoms with Crippen molar-refractivity contribution < 1.29 is 9.90 Å². The van der Waals surface area contributed by atoms with Crippen molar-refractivity contribution in [2.24, 2.45) is 0 Å². The second-order valence-electron chi connectivity index (χ2n) is 7.41. The molecular weight excluding hydrogens is 336 g/mol. The van der Waals surface area contributed by atoms with Gasteiger partial charge in [0.25, 0.3) is 5.91 Å². The number of hydrogen-bond acceptors (Lipinski definition) is 3. The Labute approximate surface area is 160 Å². The molecule has 4 rings (SSSR count). The zero-order valence-electron chi connectivity index (χ0n) is 15.4. The summed E-state index contributed by atoms with van der Waals surface area (Å²) in [4.78, 5) is 12.3. The molecule has 3 atom stereocenters. The van der Waals surface area contributed by atoms with Crippen molar-refractivity contribution >= 4 is 11.5 Å². The smallest absolute Gasteiger partial charge is 0.251 e. The minimum absolute atomic E-state index is 0.0418. The van der Waals surface area contributed by atoms with Gasteiger partial charge in [0.05, 0.1) is 6.61 Å². The monoisotopic (exact) mass is 362 g/mol. The number of aliphatic hydroxyl groups is 1. The normalized spacial score (nSPS) is 24.2. The number of hydrogen-bond donors (Lipinski definition) is 3. The SMILES string of the molecule is O=C(NC[C@@H]1N[C@@H](CO)[C@H]1c1ccc(C2=CCCC2)cc1)c1ccccc1. The summed E-state index contributed by atoms with van der Waals surface area (Å²) in [5.74, 6) is 0.143. The Morgan fingerprint density at radius 2 is 1.85 bits per heavy atom. The maximum Gasteiger partial charge on any atom is 0.251 e. The van der Waals surface area contributed by atoms with Gasteiger partial charge in [0.15, 0.2) is 0 Å². The summed E-state index contributed by atoms with van der Waals surface area (Å²) in [6.45, 7) is 0.641. The Kier molecular flexibility index (Phi) is 5.37.